The Hall–Kier alpha value is -1.59. The molecule has 1 heterocycles. The van der Waals surface area contributed by atoms with Crippen LogP contribution in [0.1, 0.15) is 18.1 Å². The first-order chi connectivity index (χ1) is 6.72. The van der Waals surface area contributed by atoms with Crippen molar-refractivity contribution in [2.75, 3.05) is 0 Å². The summed E-state index contributed by atoms with van der Waals surface area (Å²) in [6, 6.07) is 8.24. The maximum atomic E-state index is 8.99. The zero-order valence-corrected chi connectivity index (χ0v) is 8.69. The van der Waals surface area contributed by atoms with Gasteiger partial charge in [-0.3, -0.25) is 0 Å². The van der Waals surface area contributed by atoms with Crippen molar-refractivity contribution in [1.29, 1.82) is 5.26 Å². The average molecular weight is 199 g/mol. The first kappa shape index (κ1) is 8.98. The van der Waals surface area contributed by atoms with Gasteiger partial charge in [0.15, 0.2) is 0 Å². The number of nitrogens with zero attached hydrogens (tertiary/aromatic N) is 1. The van der Waals surface area contributed by atoms with Crippen molar-refractivity contribution >= 4 is 27.0 Å². The molecule has 0 N–H and O–H groups in total. The summed E-state index contributed by atoms with van der Waals surface area (Å²) < 4.78 is 1.07. The predicted molar refractivity (Wildman–Crippen MR) is 61.2 cm³/mol. The molecule has 2 rings (SSSR count). The molecule has 1 nitrogen and oxygen atoms in total. The van der Waals surface area contributed by atoms with Crippen LogP contribution in [0.4, 0.5) is 0 Å². The molecular weight excluding hydrogens is 190 g/mol. The number of fused-ring (bicyclic) bond motifs is 1. The van der Waals surface area contributed by atoms with Gasteiger partial charge in [-0.05, 0) is 41.5 Å². The van der Waals surface area contributed by atoms with Gasteiger partial charge < -0.3 is 0 Å². The van der Waals surface area contributed by atoms with E-state index < -0.39 is 0 Å². The minimum atomic E-state index is 0.746. The molecule has 2 aromatic rings. The van der Waals surface area contributed by atoms with Gasteiger partial charge in [-0.1, -0.05) is 12.2 Å². The summed E-state index contributed by atoms with van der Waals surface area (Å²) >= 11 is 1.61. The minimum Gasteiger partial charge on any atom is -0.192 e. The fourth-order valence-corrected chi connectivity index (χ4v) is 2.26. The Morgan fingerprint density at radius 1 is 1.50 bits per heavy atom. The molecule has 0 aliphatic heterocycles. The molecule has 0 fully saturated rings. The lowest BCUT2D eigenvalue weighted by atomic mass is 10.0. The summed E-state index contributed by atoms with van der Waals surface area (Å²) in [6.45, 7) is 5.84. The molecule has 1 aromatic carbocycles. The van der Waals surface area contributed by atoms with Crippen LogP contribution in [0, 0.1) is 11.3 Å². The largest absolute Gasteiger partial charge is 0.192 e. The molecule has 14 heavy (non-hydrogen) atoms. The highest BCUT2D eigenvalue weighted by molar-refractivity contribution is 7.17. The molecule has 0 saturated heterocycles. The van der Waals surface area contributed by atoms with Crippen LogP contribution in [0.2, 0.25) is 0 Å². The number of rotatable bonds is 1. The van der Waals surface area contributed by atoms with Crippen molar-refractivity contribution in [2.24, 2.45) is 0 Å². The van der Waals surface area contributed by atoms with Crippen LogP contribution in [0.25, 0.3) is 15.7 Å². The third-order valence-corrected chi connectivity index (χ3v) is 3.13. The Bertz CT molecular complexity index is 543. The lowest BCUT2D eigenvalue weighted by Crippen LogP contribution is -1.81. The van der Waals surface area contributed by atoms with Gasteiger partial charge in [-0.15, -0.1) is 11.3 Å². The van der Waals surface area contributed by atoms with Gasteiger partial charge in [0.2, 0.25) is 0 Å². The fraction of sp³-hybridized carbons (Fsp3) is 0.0833. The number of allylic oxidation sites excluding steroid dienone is 1. The van der Waals surface area contributed by atoms with Gasteiger partial charge >= 0.3 is 0 Å². The molecule has 0 amide bonds. The molecule has 0 spiro atoms. The van der Waals surface area contributed by atoms with Gasteiger partial charge in [0.1, 0.15) is 6.07 Å². The second-order valence-electron chi connectivity index (χ2n) is 3.25. The van der Waals surface area contributed by atoms with E-state index in [2.05, 4.69) is 18.7 Å². The second kappa shape index (κ2) is 3.28. The number of thiophene rings is 1. The van der Waals surface area contributed by atoms with E-state index in [1.54, 1.807) is 11.3 Å². The van der Waals surface area contributed by atoms with Gasteiger partial charge in [0, 0.05) is 0 Å². The highest BCUT2D eigenvalue weighted by Gasteiger charge is 2.04. The third-order valence-electron chi connectivity index (χ3n) is 2.16. The van der Waals surface area contributed by atoms with Crippen molar-refractivity contribution < 1.29 is 0 Å². The van der Waals surface area contributed by atoms with Crippen LogP contribution in [-0.2, 0) is 0 Å². The summed E-state index contributed by atoms with van der Waals surface area (Å²) in [4.78, 5) is 0. The maximum absolute atomic E-state index is 8.99. The number of hydrogen-bond donors (Lipinski definition) is 0. The molecule has 1 aromatic heterocycles. The Kier molecular flexibility index (Phi) is 2.11. The van der Waals surface area contributed by atoms with Gasteiger partial charge in [0.25, 0.3) is 0 Å². The molecule has 68 valence electrons. The lowest BCUT2D eigenvalue weighted by molar-refractivity contribution is 1.50. The van der Waals surface area contributed by atoms with E-state index in [-0.39, 0.29) is 0 Å². The van der Waals surface area contributed by atoms with Crippen molar-refractivity contribution in [2.45, 2.75) is 6.92 Å². The average Bonchev–Trinajstić information content (AvgIpc) is 2.63. The second-order valence-corrected chi connectivity index (χ2v) is 4.17. The third kappa shape index (κ3) is 1.32. The lowest BCUT2D eigenvalue weighted by Gasteiger charge is -2.01. The quantitative estimate of drug-likeness (QED) is 0.685. The molecule has 0 atom stereocenters. The van der Waals surface area contributed by atoms with Crippen LogP contribution in [0.5, 0.6) is 0 Å². The fourth-order valence-electron chi connectivity index (χ4n) is 1.41. The SMILES string of the molecule is C=C(C)c1cc(C#N)c2sccc2c1. The first-order valence-corrected chi connectivity index (χ1v) is 5.17. The first-order valence-electron chi connectivity index (χ1n) is 4.29. The van der Waals surface area contributed by atoms with E-state index >= 15 is 0 Å². The Morgan fingerprint density at radius 2 is 2.29 bits per heavy atom. The number of benzene rings is 1. The standard InChI is InChI=1S/C12H9NS/c1-8(2)10-5-9-3-4-14-12(9)11(6-10)7-13/h3-6H,1H2,2H3. The molecule has 0 aliphatic rings. The molecule has 0 bridgehead atoms. The minimum absolute atomic E-state index is 0.746. The molecular formula is C12H9NS. The van der Waals surface area contributed by atoms with Crippen molar-refractivity contribution in [3.63, 3.8) is 0 Å². The van der Waals surface area contributed by atoms with E-state index in [4.69, 9.17) is 5.26 Å². The van der Waals surface area contributed by atoms with Gasteiger partial charge in [-0.2, -0.15) is 5.26 Å². The summed E-state index contributed by atoms with van der Waals surface area (Å²) in [6.07, 6.45) is 0. The van der Waals surface area contributed by atoms with Gasteiger partial charge in [-0.25, -0.2) is 0 Å². The topological polar surface area (TPSA) is 23.8 Å². The Labute approximate surface area is 86.9 Å². The van der Waals surface area contributed by atoms with Crippen molar-refractivity contribution in [1.82, 2.24) is 0 Å². The number of nitriles is 1. The van der Waals surface area contributed by atoms with Crippen molar-refractivity contribution in [3.8, 4) is 6.07 Å². The molecule has 0 saturated carbocycles. The highest BCUT2D eigenvalue weighted by Crippen LogP contribution is 2.28. The normalized spacial score (nSPS) is 10.0. The summed E-state index contributed by atoms with van der Waals surface area (Å²) in [5.41, 5.74) is 2.79. The molecule has 0 unspecified atom stereocenters. The highest BCUT2D eigenvalue weighted by atomic mass is 32.1. The summed E-state index contributed by atoms with van der Waals surface area (Å²) in [5.74, 6) is 0. The van der Waals surface area contributed by atoms with Crippen LogP contribution in [0.3, 0.4) is 0 Å². The predicted octanol–water partition coefficient (Wildman–Crippen LogP) is 3.81. The van der Waals surface area contributed by atoms with E-state index in [0.717, 1.165) is 26.8 Å². The van der Waals surface area contributed by atoms with Crippen LogP contribution >= 0.6 is 11.3 Å². The zero-order valence-electron chi connectivity index (χ0n) is 7.87. The molecule has 0 radical (unpaired) electrons. The zero-order chi connectivity index (χ0) is 10.1. The van der Waals surface area contributed by atoms with E-state index in [1.807, 2.05) is 24.4 Å². The summed E-state index contributed by atoms with van der Waals surface area (Å²) in [5, 5.41) is 12.1. The smallest absolute Gasteiger partial charge is 0.101 e. The van der Waals surface area contributed by atoms with Crippen LogP contribution < -0.4 is 0 Å². The Balaban J connectivity index is 2.82. The maximum Gasteiger partial charge on any atom is 0.101 e. The monoisotopic (exact) mass is 199 g/mol. The van der Waals surface area contributed by atoms with E-state index in [1.165, 1.54) is 0 Å². The van der Waals surface area contributed by atoms with Crippen LogP contribution in [0.15, 0.2) is 30.2 Å². The molecule has 2 heteroatoms. The summed E-state index contributed by atoms with van der Waals surface area (Å²) in [7, 11) is 0. The van der Waals surface area contributed by atoms with Gasteiger partial charge in [0.05, 0.1) is 10.3 Å². The van der Waals surface area contributed by atoms with Crippen molar-refractivity contribution in [3.05, 3.63) is 41.3 Å². The molecule has 0 aliphatic carbocycles. The number of hydrogen-bond acceptors (Lipinski definition) is 2. The Morgan fingerprint density at radius 3 is 2.93 bits per heavy atom. The van der Waals surface area contributed by atoms with E-state index in [0.29, 0.717) is 0 Å². The van der Waals surface area contributed by atoms with E-state index in [9.17, 15) is 0 Å². The van der Waals surface area contributed by atoms with Crippen LogP contribution in [-0.4, -0.2) is 0 Å².